The minimum atomic E-state index is -0.163. The molecule has 0 aliphatic heterocycles. The van der Waals surface area contributed by atoms with Gasteiger partial charge in [-0.3, -0.25) is 4.79 Å². The van der Waals surface area contributed by atoms with Crippen LogP contribution in [0.5, 0.6) is 5.75 Å². The molecule has 2 fully saturated rings. The maximum Gasteiger partial charge on any atom is 0.311 e. The number of hydrogen-bond donors (Lipinski definition) is 0. The van der Waals surface area contributed by atoms with Crippen molar-refractivity contribution in [2.75, 3.05) is 0 Å². The lowest BCUT2D eigenvalue weighted by atomic mass is 9.84. The summed E-state index contributed by atoms with van der Waals surface area (Å²) in [5.41, 5.74) is 3.10. The van der Waals surface area contributed by atoms with Gasteiger partial charge in [0.1, 0.15) is 5.75 Å². The Hall–Kier alpha value is -2.52. The Labute approximate surface area is 228 Å². The van der Waals surface area contributed by atoms with Crippen LogP contribution in [0.3, 0.4) is 0 Å². The lowest BCUT2D eigenvalue weighted by Gasteiger charge is -2.22. The van der Waals surface area contributed by atoms with Crippen molar-refractivity contribution >= 4 is 17.7 Å². The quantitative estimate of drug-likeness (QED) is 0.232. The summed E-state index contributed by atoms with van der Waals surface area (Å²) in [4.78, 5) is 13.7. The third kappa shape index (κ3) is 9.07. The van der Waals surface area contributed by atoms with E-state index in [0.29, 0.717) is 12.2 Å². The van der Waals surface area contributed by atoms with E-state index in [2.05, 4.69) is 48.5 Å². The second-order valence-electron chi connectivity index (χ2n) is 10.4. The third-order valence-corrected chi connectivity index (χ3v) is 8.59. The fraction of sp³-hybridized carbons (Fsp3) is 0.441. The molecule has 3 heteroatoms. The van der Waals surface area contributed by atoms with Gasteiger partial charge < -0.3 is 4.74 Å². The number of hydrogen-bond acceptors (Lipinski definition) is 3. The predicted molar refractivity (Wildman–Crippen MR) is 156 cm³/mol. The Bertz CT molecular complexity index is 988. The van der Waals surface area contributed by atoms with Crippen molar-refractivity contribution in [1.82, 2.24) is 0 Å². The van der Waals surface area contributed by atoms with Crippen LogP contribution in [0.4, 0.5) is 0 Å². The van der Waals surface area contributed by atoms with Gasteiger partial charge in [0.15, 0.2) is 0 Å². The van der Waals surface area contributed by atoms with Gasteiger partial charge in [0, 0.05) is 16.2 Å². The summed E-state index contributed by atoms with van der Waals surface area (Å²) in [6.45, 7) is 1.95. The number of esters is 1. The zero-order valence-electron chi connectivity index (χ0n) is 22.4. The fourth-order valence-electron chi connectivity index (χ4n) is 5.50. The minimum absolute atomic E-state index is 0.163. The molecule has 0 spiro atoms. The summed E-state index contributed by atoms with van der Waals surface area (Å²) < 4.78 is 5.02. The Kier molecular flexibility index (Phi) is 11.2. The second-order valence-corrected chi connectivity index (χ2v) is 11.6. The molecule has 0 saturated heterocycles. The molecule has 5 rings (SSSR count). The molecule has 2 aliphatic carbocycles. The minimum Gasteiger partial charge on any atom is -0.427 e. The first-order chi connectivity index (χ1) is 18.2. The standard InChI is InChI=1S/C24H30S.C10H12O2/c1-3-7-19(8-4-1)21-11-15-23(16-12-21)25-24-17-13-22(14-18-24)20-9-5-2-6-10-20;1-2-6-10(11)12-9-7-4-3-5-8-9/h11-20H,1-10H2;3-5,7-8H,2,6H2,1H3. The molecular weight excluding hydrogens is 472 g/mol. The van der Waals surface area contributed by atoms with Crippen LogP contribution in [0.2, 0.25) is 0 Å². The highest BCUT2D eigenvalue weighted by Gasteiger charge is 2.16. The molecule has 196 valence electrons. The van der Waals surface area contributed by atoms with Gasteiger partial charge >= 0.3 is 5.97 Å². The van der Waals surface area contributed by atoms with Crippen molar-refractivity contribution in [2.24, 2.45) is 0 Å². The molecular formula is C34H42O2S. The molecule has 0 radical (unpaired) electrons. The lowest BCUT2D eigenvalue weighted by molar-refractivity contribution is -0.134. The zero-order valence-corrected chi connectivity index (χ0v) is 23.2. The van der Waals surface area contributed by atoms with Gasteiger partial charge in [-0.05, 0) is 91.5 Å². The highest BCUT2D eigenvalue weighted by molar-refractivity contribution is 7.99. The second kappa shape index (κ2) is 15.0. The van der Waals surface area contributed by atoms with E-state index in [1.165, 1.54) is 74.0 Å². The number of para-hydroxylation sites is 1. The van der Waals surface area contributed by atoms with Crippen molar-refractivity contribution in [3.63, 3.8) is 0 Å². The van der Waals surface area contributed by atoms with E-state index in [1.54, 1.807) is 23.3 Å². The van der Waals surface area contributed by atoms with Gasteiger partial charge in [0.25, 0.3) is 0 Å². The average molecular weight is 515 g/mol. The van der Waals surface area contributed by atoms with Gasteiger partial charge in [-0.25, -0.2) is 0 Å². The highest BCUT2D eigenvalue weighted by Crippen LogP contribution is 2.36. The summed E-state index contributed by atoms with van der Waals surface area (Å²) in [6, 6.07) is 27.9. The normalized spacial score (nSPS) is 16.5. The number of carbonyl (C=O) groups is 1. The zero-order chi connectivity index (χ0) is 25.7. The van der Waals surface area contributed by atoms with E-state index in [-0.39, 0.29) is 5.97 Å². The van der Waals surface area contributed by atoms with Crippen molar-refractivity contribution in [3.05, 3.63) is 90.0 Å². The van der Waals surface area contributed by atoms with E-state index in [1.807, 2.05) is 36.9 Å². The fourth-order valence-corrected chi connectivity index (χ4v) is 6.32. The van der Waals surface area contributed by atoms with Gasteiger partial charge in [0.05, 0.1) is 0 Å². The average Bonchev–Trinajstić information content (AvgIpc) is 2.96. The van der Waals surface area contributed by atoms with Crippen molar-refractivity contribution < 1.29 is 9.53 Å². The summed E-state index contributed by atoms with van der Waals surface area (Å²) >= 11 is 1.90. The first-order valence-corrected chi connectivity index (χ1v) is 15.2. The molecule has 2 saturated carbocycles. The molecule has 2 aliphatic rings. The molecule has 0 atom stereocenters. The number of benzene rings is 3. The van der Waals surface area contributed by atoms with Crippen LogP contribution in [0.1, 0.15) is 107 Å². The van der Waals surface area contributed by atoms with Crippen molar-refractivity contribution in [3.8, 4) is 5.75 Å². The Morgan fingerprint density at radius 2 is 1.14 bits per heavy atom. The predicted octanol–water partition coefficient (Wildman–Crippen LogP) is 10.3. The lowest BCUT2D eigenvalue weighted by Crippen LogP contribution is -2.06. The van der Waals surface area contributed by atoms with Crippen LogP contribution in [0.15, 0.2) is 88.7 Å². The Morgan fingerprint density at radius 1 is 0.676 bits per heavy atom. The van der Waals surface area contributed by atoms with Gasteiger partial charge in [-0.2, -0.15) is 0 Å². The first-order valence-electron chi connectivity index (χ1n) is 14.3. The molecule has 37 heavy (non-hydrogen) atoms. The highest BCUT2D eigenvalue weighted by atomic mass is 32.2. The number of carbonyl (C=O) groups excluding carboxylic acids is 1. The van der Waals surface area contributed by atoms with E-state index in [9.17, 15) is 4.79 Å². The van der Waals surface area contributed by atoms with Crippen LogP contribution >= 0.6 is 11.8 Å². The van der Waals surface area contributed by atoms with Crippen molar-refractivity contribution in [2.45, 2.75) is 106 Å². The SMILES string of the molecule is CCCC(=O)Oc1ccccc1.c1cc(C2CCCCC2)ccc1Sc1ccc(C2CCCCC2)cc1. The molecule has 0 heterocycles. The molecule has 3 aromatic carbocycles. The van der Waals surface area contributed by atoms with Crippen LogP contribution in [0, 0.1) is 0 Å². The molecule has 0 N–H and O–H groups in total. The summed E-state index contributed by atoms with van der Waals surface area (Å²) in [5, 5.41) is 0. The van der Waals surface area contributed by atoms with Gasteiger partial charge in [-0.1, -0.05) is 99.7 Å². The molecule has 0 aromatic heterocycles. The van der Waals surface area contributed by atoms with Crippen LogP contribution in [-0.4, -0.2) is 5.97 Å². The number of rotatable bonds is 7. The van der Waals surface area contributed by atoms with E-state index >= 15 is 0 Å². The van der Waals surface area contributed by atoms with Crippen LogP contribution in [-0.2, 0) is 4.79 Å². The maximum absolute atomic E-state index is 11.0. The van der Waals surface area contributed by atoms with Gasteiger partial charge in [0.2, 0.25) is 0 Å². The van der Waals surface area contributed by atoms with E-state index in [4.69, 9.17) is 4.74 Å². The largest absolute Gasteiger partial charge is 0.427 e. The molecule has 0 bridgehead atoms. The smallest absolute Gasteiger partial charge is 0.311 e. The summed E-state index contributed by atoms with van der Waals surface area (Å²) in [7, 11) is 0. The topological polar surface area (TPSA) is 26.3 Å². The number of ether oxygens (including phenoxy) is 1. The van der Waals surface area contributed by atoms with E-state index < -0.39 is 0 Å². The van der Waals surface area contributed by atoms with Crippen molar-refractivity contribution in [1.29, 1.82) is 0 Å². The summed E-state index contributed by atoms with van der Waals surface area (Å²) in [5.74, 6) is 2.07. The summed E-state index contributed by atoms with van der Waals surface area (Å²) in [6.07, 6.45) is 15.4. The maximum atomic E-state index is 11.0. The molecule has 2 nitrogen and oxygen atoms in total. The molecule has 0 unspecified atom stereocenters. The third-order valence-electron chi connectivity index (χ3n) is 7.58. The molecule has 0 amide bonds. The van der Waals surface area contributed by atoms with Crippen LogP contribution in [0.25, 0.3) is 0 Å². The van der Waals surface area contributed by atoms with E-state index in [0.717, 1.165) is 18.3 Å². The Morgan fingerprint density at radius 3 is 1.57 bits per heavy atom. The molecule has 3 aromatic rings. The first kappa shape index (κ1) is 27.5. The monoisotopic (exact) mass is 514 g/mol. The van der Waals surface area contributed by atoms with Crippen LogP contribution < -0.4 is 4.74 Å². The Balaban J connectivity index is 0.000000225. The van der Waals surface area contributed by atoms with Gasteiger partial charge in [-0.15, -0.1) is 0 Å².